The lowest BCUT2D eigenvalue weighted by Gasteiger charge is -2.10. The topological polar surface area (TPSA) is 60.2 Å². The van der Waals surface area contributed by atoms with Gasteiger partial charge in [0.15, 0.2) is 0 Å². The second kappa shape index (κ2) is 8.09. The van der Waals surface area contributed by atoms with Gasteiger partial charge in [-0.05, 0) is 31.2 Å². The summed E-state index contributed by atoms with van der Waals surface area (Å²) in [4.78, 5) is 5.36. The molecular formula is C19H23N2O3S+. The highest BCUT2D eigenvalue weighted by Gasteiger charge is 2.24. The minimum absolute atomic E-state index is 0.0444. The molecule has 0 heterocycles. The Bertz CT molecular complexity index is 869. The molecule has 0 aromatic heterocycles. The maximum Gasteiger partial charge on any atom is 0.229 e. The van der Waals surface area contributed by atoms with Crippen molar-refractivity contribution >= 4 is 15.7 Å². The molecule has 0 saturated heterocycles. The van der Waals surface area contributed by atoms with E-state index in [2.05, 4.69) is 4.99 Å². The van der Waals surface area contributed by atoms with Gasteiger partial charge in [-0.3, -0.25) is 0 Å². The Morgan fingerprint density at radius 1 is 1.04 bits per heavy atom. The molecule has 0 fully saturated rings. The lowest BCUT2D eigenvalue weighted by molar-refractivity contribution is -0.801. The van der Waals surface area contributed by atoms with Gasteiger partial charge < -0.3 is 9.64 Å². The predicted octanol–water partition coefficient (Wildman–Crippen LogP) is 1.81. The average Bonchev–Trinajstić information content (AvgIpc) is 2.59. The van der Waals surface area contributed by atoms with Crippen LogP contribution in [0.1, 0.15) is 11.1 Å². The van der Waals surface area contributed by atoms with Gasteiger partial charge >= 0.3 is 0 Å². The van der Waals surface area contributed by atoms with Gasteiger partial charge in [-0.2, -0.15) is 4.99 Å². The van der Waals surface area contributed by atoms with Gasteiger partial charge in [0, 0.05) is 5.56 Å². The van der Waals surface area contributed by atoms with Crippen molar-refractivity contribution in [3.05, 3.63) is 77.0 Å². The fourth-order valence-electron chi connectivity index (χ4n) is 2.16. The van der Waals surface area contributed by atoms with Crippen molar-refractivity contribution in [2.75, 3.05) is 21.2 Å². The number of hydrogen-bond donors (Lipinski definition) is 1. The molecule has 0 radical (unpaired) electrons. The number of benzene rings is 2. The summed E-state index contributed by atoms with van der Waals surface area (Å²) < 4.78 is 31.4. The van der Waals surface area contributed by atoms with Crippen LogP contribution in [0.2, 0.25) is 0 Å². The van der Waals surface area contributed by atoms with E-state index in [0.29, 0.717) is 5.56 Å². The lowest BCUT2D eigenvalue weighted by atomic mass is 10.2. The molecule has 2 aromatic rings. The van der Waals surface area contributed by atoms with E-state index in [0.717, 1.165) is 10.5 Å². The number of aryl methyl sites for hydroxylation is 1. The number of hydrogen-bond acceptors (Lipinski definition) is 4. The quantitative estimate of drug-likeness (QED) is 0.654. The molecule has 1 N–H and O–H groups in total. The van der Waals surface area contributed by atoms with Gasteiger partial charge in [0.25, 0.3) is 0 Å². The summed E-state index contributed by atoms with van der Waals surface area (Å²) in [5, 5.41) is -0.0444. The highest BCUT2D eigenvalue weighted by Crippen LogP contribution is 2.21. The molecule has 0 spiro atoms. The van der Waals surface area contributed by atoms with Crippen molar-refractivity contribution in [2.24, 2.45) is 4.99 Å². The number of nitrogens with zero attached hydrogens (tertiary/aromatic N) is 1. The fourth-order valence-corrected chi connectivity index (χ4v) is 3.49. The predicted molar refractivity (Wildman–Crippen MR) is 99.2 cm³/mol. The van der Waals surface area contributed by atoms with Crippen LogP contribution in [0, 0.1) is 6.92 Å². The molecule has 0 aliphatic rings. The minimum Gasteiger partial charge on any atom is -0.481 e. The number of ether oxygens (including phenoxy) is 1. The van der Waals surface area contributed by atoms with Crippen LogP contribution in [0.4, 0.5) is 0 Å². The van der Waals surface area contributed by atoms with Gasteiger partial charge in [-0.1, -0.05) is 35.9 Å². The molecule has 25 heavy (non-hydrogen) atoms. The molecule has 0 aliphatic heterocycles. The first-order valence-corrected chi connectivity index (χ1v) is 9.34. The fraction of sp³-hybridized carbons (Fsp3) is 0.211. The van der Waals surface area contributed by atoms with E-state index in [4.69, 9.17) is 4.74 Å². The highest BCUT2D eigenvalue weighted by atomic mass is 32.2. The highest BCUT2D eigenvalue weighted by molar-refractivity contribution is 7.95. The van der Waals surface area contributed by atoms with Crippen molar-refractivity contribution < 1.29 is 18.1 Å². The monoisotopic (exact) mass is 359 g/mol. The third kappa shape index (κ3) is 4.78. The van der Waals surface area contributed by atoms with Crippen LogP contribution in [-0.2, 0) is 14.6 Å². The van der Waals surface area contributed by atoms with Crippen molar-refractivity contribution in [1.82, 2.24) is 0 Å². The summed E-state index contributed by atoms with van der Waals surface area (Å²) in [6.07, 6.45) is 1.55. The summed E-state index contributed by atoms with van der Waals surface area (Å²) >= 11 is 0. The van der Waals surface area contributed by atoms with Crippen LogP contribution in [0.25, 0.3) is 0 Å². The third-order valence-corrected chi connectivity index (χ3v) is 5.10. The van der Waals surface area contributed by atoms with E-state index in [1.54, 1.807) is 30.5 Å². The molecule has 0 saturated carbocycles. The second-order valence-electron chi connectivity index (χ2n) is 5.86. The molecule has 2 aromatic carbocycles. The van der Waals surface area contributed by atoms with Crippen molar-refractivity contribution in [1.29, 1.82) is 0 Å². The molecule has 0 unspecified atom stereocenters. The van der Waals surface area contributed by atoms with Crippen LogP contribution < -0.4 is 4.90 Å². The standard InChI is InChI=1S/C19H22N2O3S/c1-15-10-12-17(13-11-15)25(22,23)18(14-21(2)3)20-19(24-4)16-8-6-5-7-9-16/h5-14H,1-4H3/p+1/b18-14-,20-19?. The number of nitrogens with one attached hydrogen (secondary N) is 1. The zero-order valence-electron chi connectivity index (χ0n) is 14.9. The molecule has 0 aliphatic carbocycles. The Kier molecular flexibility index (Phi) is 6.12. The molecule has 0 atom stereocenters. The zero-order chi connectivity index (χ0) is 18.4. The summed E-state index contributed by atoms with van der Waals surface area (Å²) in [6, 6.07) is 15.9. The molecular weight excluding hydrogens is 336 g/mol. The van der Waals surface area contributed by atoms with Crippen molar-refractivity contribution in [3.8, 4) is 0 Å². The minimum atomic E-state index is -3.75. The largest absolute Gasteiger partial charge is 0.481 e. The Morgan fingerprint density at radius 2 is 1.64 bits per heavy atom. The van der Waals surface area contributed by atoms with E-state index in [1.165, 1.54) is 7.11 Å². The first kappa shape index (κ1) is 18.9. The molecule has 132 valence electrons. The summed E-state index contributed by atoms with van der Waals surface area (Å²) in [6.45, 7) is 1.91. The molecule has 2 rings (SSSR count). The van der Waals surface area contributed by atoms with E-state index in [1.807, 2.05) is 51.4 Å². The van der Waals surface area contributed by atoms with E-state index >= 15 is 0 Å². The van der Waals surface area contributed by atoms with Crippen LogP contribution in [0.5, 0.6) is 0 Å². The number of rotatable bonds is 5. The Labute approximate surface area is 149 Å². The Hall–Kier alpha value is -2.44. The van der Waals surface area contributed by atoms with Gasteiger partial charge in [0.1, 0.15) is 6.20 Å². The van der Waals surface area contributed by atoms with E-state index in [-0.39, 0.29) is 15.8 Å². The summed E-state index contributed by atoms with van der Waals surface area (Å²) in [5.74, 6) is 0.254. The Morgan fingerprint density at radius 3 is 2.16 bits per heavy atom. The van der Waals surface area contributed by atoms with Gasteiger partial charge in [-0.15, -0.1) is 0 Å². The first-order chi connectivity index (χ1) is 11.8. The van der Waals surface area contributed by atoms with Crippen LogP contribution in [-0.4, -0.2) is 35.5 Å². The molecule has 5 nitrogen and oxygen atoms in total. The number of aliphatic imine (C=N–C) groups is 1. The number of methoxy groups -OCH3 is 1. The maximum atomic E-state index is 13.0. The summed E-state index contributed by atoms with van der Waals surface area (Å²) in [7, 11) is 1.38. The van der Waals surface area contributed by atoms with Gasteiger partial charge in [-0.25, -0.2) is 8.42 Å². The average molecular weight is 359 g/mol. The van der Waals surface area contributed by atoms with E-state index in [9.17, 15) is 8.42 Å². The lowest BCUT2D eigenvalue weighted by Crippen LogP contribution is -3.00. The molecule has 0 bridgehead atoms. The Balaban J connectivity index is 2.56. The first-order valence-electron chi connectivity index (χ1n) is 7.86. The number of quaternary nitrogens is 1. The SMILES string of the molecule is COC(=N/C(=C/[NH+](C)C)S(=O)(=O)c1ccc(C)cc1)c1ccccc1. The van der Waals surface area contributed by atoms with Gasteiger partial charge in [0.2, 0.25) is 20.8 Å². The van der Waals surface area contributed by atoms with Gasteiger partial charge in [0.05, 0.1) is 26.1 Å². The van der Waals surface area contributed by atoms with Crippen molar-refractivity contribution in [3.63, 3.8) is 0 Å². The normalized spacial score (nSPS) is 13.2. The maximum absolute atomic E-state index is 13.0. The molecule has 6 heteroatoms. The smallest absolute Gasteiger partial charge is 0.229 e. The zero-order valence-corrected chi connectivity index (χ0v) is 15.7. The number of sulfone groups is 1. The van der Waals surface area contributed by atoms with Crippen LogP contribution in [0.15, 0.2) is 75.7 Å². The third-order valence-electron chi connectivity index (χ3n) is 3.44. The van der Waals surface area contributed by atoms with Crippen molar-refractivity contribution in [2.45, 2.75) is 11.8 Å². The second-order valence-corrected chi connectivity index (χ2v) is 7.76. The van der Waals surface area contributed by atoms with Crippen LogP contribution in [0.3, 0.4) is 0 Å². The molecule has 0 amide bonds. The van der Waals surface area contributed by atoms with E-state index < -0.39 is 9.84 Å². The van der Waals surface area contributed by atoms with Crippen LogP contribution >= 0.6 is 0 Å². The summed E-state index contributed by atoms with van der Waals surface area (Å²) in [5.41, 5.74) is 1.71.